The van der Waals surface area contributed by atoms with E-state index in [0.717, 1.165) is 98.8 Å². The fourth-order valence-corrected chi connectivity index (χ4v) is 11.5. The summed E-state index contributed by atoms with van der Waals surface area (Å²) in [5.41, 5.74) is 3.69. The maximum absolute atomic E-state index is 17.1. The standard InChI is InChI=1S/C50H55FN8O6/c1-3-31-6-4-7-32-21-35(60)22-37(42(31)32)44-43(51)39-25-59(54-45(38(39)23-52-44)57-17-5-12-48(2,64)26-57)65-30-50(13-14-50)29-55-27-49(28-55)15-18-56(19-16-49)34-8-9-36-33(20-34)24-58(47(36)63)40-10-11-41(61)53-46(40)62/h4,6-9,20-23,25,40,64H,3,5,10-19,24,26-30H2,1-2H3,(H-,53,60,61,62)/p+1/t40?,48-/m1/s1. The van der Waals surface area contributed by atoms with Crippen molar-refractivity contribution in [1.82, 2.24) is 25.2 Å². The number of imide groups is 1. The Morgan fingerprint density at radius 3 is 2.52 bits per heavy atom. The minimum Gasteiger partial charge on any atom is -0.508 e. The van der Waals surface area contributed by atoms with Gasteiger partial charge in [-0.05, 0) is 116 Å². The number of anilines is 2. The molecule has 1 spiro atoms. The molecule has 15 heteroatoms. The molecule has 338 valence electrons. The number of aromatic nitrogens is 3. The van der Waals surface area contributed by atoms with E-state index in [4.69, 9.17) is 14.9 Å². The van der Waals surface area contributed by atoms with Crippen molar-refractivity contribution in [2.24, 2.45) is 10.8 Å². The molecule has 3 amide bonds. The van der Waals surface area contributed by atoms with Crippen LogP contribution in [0.15, 0.2) is 60.9 Å². The average Bonchev–Trinajstić information content (AvgIpc) is 3.97. The highest BCUT2D eigenvalue weighted by Gasteiger charge is 2.52. The molecule has 14 nitrogen and oxygen atoms in total. The number of rotatable bonds is 10. The van der Waals surface area contributed by atoms with Crippen LogP contribution in [0.1, 0.15) is 86.7 Å². The summed E-state index contributed by atoms with van der Waals surface area (Å²) < 4.78 is 17.1. The number of aryl methyl sites for hydroxylation is 1. The van der Waals surface area contributed by atoms with E-state index in [9.17, 15) is 24.6 Å². The number of halogens is 1. The van der Waals surface area contributed by atoms with Crippen molar-refractivity contribution >= 4 is 50.8 Å². The number of aromatic hydroxyl groups is 1. The Bertz CT molecular complexity index is 2780. The number of hydrogen-bond donors (Lipinski definition) is 3. The smallest absolute Gasteiger partial charge is 0.265 e. The molecule has 3 N–H and O–H groups in total. The zero-order valence-corrected chi connectivity index (χ0v) is 37.1. The van der Waals surface area contributed by atoms with Gasteiger partial charge in [0.2, 0.25) is 17.6 Å². The fourth-order valence-electron chi connectivity index (χ4n) is 11.5. The van der Waals surface area contributed by atoms with Crippen molar-refractivity contribution in [3.05, 3.63) is 83.4 Å². The molecule has 0 bridgehead atoms. The number of likely N-dealkylation sites (tertiary alicyclic amines) is 1. The van der Waals surface area contributed by atoms with E-state index >= 15 is 4.39 Å². The second-order valence-corrected chi connectivity index (χ2v) is 20.1. The summed E-state index contributed by atoms with van der Waals surface area (Å²) in [5, 5.41) is 31.7. The molecular formula is C50H56FN8O6+. The number of β-amino-alcohol motifs (C(OH)–C–C–N with tert-alkyl or cyclic N) is 1. The number of nitrogens with one attached hydrogen (secondary N) is 1. The number of carbonyl (C=O) groups is 3. The molecule has 1 unspecified atom stereocenters. The molecule has 3 aromatic carbocycles. The molecular weight excluding hydrogens is 828 g/mol. The van der Waals surface area contributed by atoms with Crippen LogP contribution in [0.5, 0.6) is 5.75 Å². The van der Waals surface area contributed by atoms with Crippen molar-refractivity contribution in [2.45, 2.75) is 89.8 Å². The SMILES string of the molecule is CCc1cccc2cc(O)cc(-c3ncc4c(N5CCC[C@@](C)(O)C5)n[n+](OCC5(CN6CC7(CCN(c8ccc9c(c8)CN(C8CCC(=O)NC8=O)C9=O)CC7)C6)CC5)cc4c3F)c12. The summed E-state index contributed by atoms with van der Waals surface area (Å²) in [6, 6.07) is 14.6. The number of phenols is 1. The monoisotopic (exact) mass is 883 g/mol. The average molecular weight is 884 g/mol. The number of piperidine rings is 3. The van der Waals surface area contributed by atoms with Gasteiger partial charge in [-0.2, -0.15) is 0 Å². The number of hydrogen-bond acceptors (Lipinski definition) is 11. The van der Waals surface area contributed by atoms with Crippen molar-refractivity contribution < 1.29 is 38.7 Å². The van der Waals surface area contributed by atoms with E-state index < -0.39 is 23.4 Å². The third kappa shape index (κ3) is 7.59. The summed E-state index contributed by atoms with van der Waals surface area (Å²) in [7, 11) is 0. The molecule has 65 heavy (non-hydrogen) atoms. The highest BCUT2D eigenvalue weighted by atomic mass is 19.1. The molecule has 5 aliphatic heterocycles. The van der Waals surface area contributed by atoms with Crippen LogP contribution in [-0.2, 0) is 22.6 Å². The molecule has 1 aliphatic carbocycles. The van der Waals surface area contributed by atoms with Crippen molar-refractivity contribution in [3.63, 3.8) is 0 Å². The number of fused-ring (bicyclic) bond motifs is 3. The molecule has 6 aliphatic rings. The number of aliphatic hydroxyl groups is 1. The van der Waals surface area contributed by atoms with Crippen LogP contribution in [0.4, 0.5) is 15.9 Å². The first-order valence-electron chi connectivity index (χ1n) is 23.3. The van der Waals surface area contributed by atoms with Gasteiger partial charge in [0.1, 0.15) is 22.3 Å². The third-order valence-corrected chi connectivity index (χ3v) is 15.2. The van der Waals surface area contributed by atoms with E-state index in [1.807, 2.05) is 42.2 Å². The summed E-state index contributed by atoms with van der Waals surface area (Å²) in [6.45, 7) is 10.5. The second kappa shape index (κ2) is 15.6. The number of amides is 3. The van der Waals surface area contributed by atoms with Crippen molar-refractivity contribution in [2.75, 3.05) is 62.2 Å². The number of carbonyl (C=O) groups excluding carboxylic acids is 3. The first kappa shape index (κ1) is 41.8. The Morgan fingerprint density at radius 2 is 1.77 bits per heavy atom. The lowest BCUT2D eigenvalue weighted by atomic mass is 9.71. The molecule has 5 fully saturated rings. The summed E-state index contributed by atoms with van der Waals surface area (Å²) >= 11 is 0. The van der Waals surface area contributed by atoms with Gasteiger partial charge < -0.3 is 29.8 Å². The van der Waals surface area contributed by atoms with Crippen LogP contribution in [-0.4, -0.2) is 112 Å². The van der Waals surface area contributed by atoms with E-state index in [0.29, 0.717) is 66.8 Å². The van der Waals surface area contributed by atoms with Crippen LogP contribution in [0.3, 0.4) is 0 Å². The molecule has 1 saturated carbocycles. The van der Waals surface area contributed by atoms with Gasteiger partial charge in [0.25, 0.3) is 12.1 Å². The molecule has 0 radical (unpaired) electrons. The number of phenolic OH excluding ortho intramolecular Hbond substituents is 1. The van der Waals surface area contributed by atoms with Crippen LogP contribution in [0, 0.1) is 16.6 Å². The maximum atomic E-state index is 17.1. The highest BCUT2D eigenvalue weighted by Crippen LogP contribution is 2.50. The predicted molar refractivity (Wildman–Crippen MR) is 242 cm³/mol. The van der Waals surface area contributed by atoms with Gasteiger partial charge in [0.05, 0.1) is 21.5 Å². The van der Waals surface area contributed by atoms with Gasteiger partial charge >= 0.3 is 0 Å². The summed E-state index contributed by atoms with van der Waals surface area (Å²) in [4.78, 5) is 58.7. The largest absolute Gasteiger partial charge is 0.508 e. The minimum atomic E-state index is -0.924. The number of benzene rings is 3. The van der Waals surface area contributed by atoms with Crippen LogP contribution < -0.4 is 24.8 Å². The second-order valence-electron chi connectivity index (χ2n) is 20.1. The molecule has 4 saturated heterocycles. The molecule has 2 aromatic heterocycles. The van der Waals surface area contributed by atoms with Crippen LogP contribution in [0.2, 0.25) is 0 Å². The summed E-state index contributed by atoms with van der Waals surface area (Å²) in [5.74, 6) is -0.804. The Labute approximate surface area is 376 Å². The Balaban J connectivity index is 0.770. The van der Waals surface area contributed by atoms with Gasteiger partial charge in [-0.1, -0.05) is 25.1 Å². The van der Waals surface area contributed by atoms with Crippen LogP contribution in [0.25, 0.3) is 32.8 Å². The lowest BCUT2D eigenvalue weighted by molar-refractivity contribution is -0.934. The van der Waals surface area contributed by atoms with E-state index in [1.165, 1.54) is 4.85 Å². The third-order valence-electron chi connectivity index (χ3n) is 15.2. The molecule has 5 aromatic rings. The summed E-state index contributed by atoms with van der Waals surface area (Å²) in [6.07, 6.45) is 10.3. The van der Waals surface area contributed by atoms with E-state index in [2.05, 4.69) is 28.1 Å². The van der Waals surface area contributed by atoms with Crippen molar-refractivity contribution in [1.29, 1.82) is 0 Å². The lowest BCUT2D eigenvalue weighted by Gasteiger charge is -2.55. The first-order valence-corrected chi connectivity index (χ1v) is 23.3. The minimum absolute atomic E-state index is 0.0243. The lowest BCUT2D eigenvalue weighted by Crippen LogP contribution is -2.62. The number of nitrogens with zero attached hydrogens (tertiary/aromatic N) is 7. The molecule has 7 heterocycles. The Kier molecular flexibility index (Phi) is 10.0. The normalized spacial score (nSPS) is 23.8. The van der Waals surface area contributed by atoms with Crippen LogP contribution >= 0.6 is 0 Å². The van der Waals surface area contributed by atoms with Gasteiger partial charge in [-0.3, -0.25) is 24.7 Å². The Hall–Kier alpha value is -5.93. The zero-order chi connectivity index (χ0) is 44.8. The quantitative estimate of drug-likeness (QED) is 0.127. The van der Waals surface area contributed by atoms with Gasteiger partial charge in [-0.15, -0.1) is 0 Å². The molecule has 2 atom stereocenters. The number of pyridine rings is 1. The van der Waals surface area contributed by atoms with E-state index in [-0.39, 0.29) is 40.5 Å². The maximum Gasteiger partial charge on any atom is 0.265 e. The zero-order valence-electron chi connectivity index (χ0n) is 37.1. The van der Waals surface area contributed by atoms with Gasteiger partial charge in [-0.25, -0.2) is 9.23 Å². The van der Waals surface area contributed by atoms with Gasteiger partial charge in [0, 0.05) is 87.2 Å². The van der Waals surface area contributed by atoms with E-state index in [1.54, 1.807) is 29.4 Å². The predicted octanol–water partition coefficient (Wildman–Crippen LogP) is 5.07. The Morgan fingerprint density at radius 1 is 0.954 bits per heavy atom. The topological polar surface area (TPSA) is 156 Å². The van der Waals surface area contributed by atoms with Gasteiger partial charge in [0.15, 0.2) is 12.4 Å². The molecule has 11 rings (SSSR count). The van der Waals surface area contributed by atoms with Crippen molar-refractivity contribution in [3.8, 4) is 17.0 Å². The fraction of sp³-hybridized carbons (Fsp3) is 0.480. The highest BCUT2D eigenvalue weighted by molar-refractivity contribution is 6.06. The first-order chi connectivity index (χ1) is 31.3.